The Labute approximate surface area is 155 Å². The van der Waals surface area contributed by atoms with Gasteiger partial charge >= 0.3 is 0 Å². The maximum absolute atomic E-state index is 12.5. The highest BCUT2D eigenvalue weighted by Crippen LogP contribution is 2.37. The summed E-state index contributed by atoms with van der Waals surface area (Å²) in [5.74, 6) is 0.656. The van der Waals surface area contributed by atoms with Gasteiger partial charge in [-0.2, -0.15) is 0 Å². The lowest BCUT2D eigenvalue weighted by Crippen LogP contribution is -2.36. The zero-order chi connectivity index (χ0) is 17.1. The van der Waals surface area contributed by atoms with Crippen LogP contribution in [0.3, 0.4) is 0 Å². The largest absolute Gasteiger partial charge is 0.342 e. The van der Waals surface area contributed by atoms with E-state index >= 15 is 0 Å². The van der Waals surface area contributed by atoms with Gasteiger partial charge in [0, 0.05) is 24.0 Å². The number of carbonyl (C=O) groups is 1. The number of likely N-dealkylation sites (tertiary alicyclic amines) is 1. The van der Waals surface area contributed by atoms with Crippen LogP contribution in [0.4, 0.5) is 0 Å². The van der Waals surface area contributed by atoms with Crippen molar-refractivity contribution in [1.82, 2.24) is 14.9 Å². The fourth-order valence-electron chi connectivity index (χ4n) is 3.15. The van der Waals surface area contributed by atoms with Gasteiger partial charge in [0.25, 0.3) is 0 Å². The van der Waals surface area contributed by atoms with Crippen LogP contribution in [-0.4, -0.2) is 39.6 Å². The molecule has 0 saturated carbocycles. The van der Waals surface area contributed by atoms with E-state index in [2.05, 4.69) is 27.5 Å². The van der Waals surface area contributed by atoms with Crippen molar-refractivity contribution < 1.29 is 4.79 Å². The van der Waals surface area contributed by atoms with E-state index in [1.165, 1.54) is 18.2 Å². The number of thiophene rings is 1. The summed E-state index contributed by atoms with van der Waals surface area (Å²) in [6, 6.07) is 10.3. The van der Waals surface area contributed by atoms with Crippen LogP contribution < -0.4 is 0 Å². The van der Waals surface area contributed by atoms with Gasteiger partial charge < -0.3 is 4.90 Å². The van der Waals surface area contributed by atoms with Gasteiger partial charge in [0.1, 0.15) is 16.2 Å². The number of amides is 1. The molecule has 0 atom stereocenters. The van der Waals surface area contributed by atoms with Crippen LogP contribution in [0.25, 0.3) is 21.3 Å². The van der Waals surface area contributed by atoms with E-state index in [0.717, 1.165) is 52.3 Å². The topological polar surface area (TPSA) is 46.1 Å². The first-order valence-electron chi connectivity index (χ1n) is 8.51. The number of hydrogen-bond donors (Lipinski definition) is 0. The van der Waals surface area contributed by atoms with Gasteiger partial charge in [-0.3, -0.25) is 4.79 Å². The van der Waals surface area contributed by atoms with Crippen molar-refractivity contribution in [2.24, 2.45) is 0 Å². The number of benzene rings is 1. The van der Waals surface area contributed by atoms with Gasteiger partial charge in [-0.25, -0.2) is 9.97 Å². The molecule has 6 heteroatoms. The second kappa shape index (κ2) is 7.54. The maximum atomic E-state index is 12.5. The highest BCUT2D eigenvalue weighted by Gasteiger charge is 2.19. The number of thioether (sulfide) groups is 1. The summed E-state index contributed by atoms with van der Waals surface area (Å²) in [6.07, 6.45) is 5.08. The van der Waals surface area contributed by atoms with Crippen LogP contribution in [-0.2, 0) is 4.79 Å². The van der Waals surface area contributed by atoms with Gasteiger partial charge in [0.2, 0.25) is 5.91 Å². The fourth-order valence-corrected chi connectivity index (χ4v) is 5.05. The monoisotopic (exact) mass is 369 g/mol. The van der Waals surface area contributed by atoms with E-state index in [1.54, 1.807) is 17.7 Å². The van der Waals surface area contributed by atoms with Gasteiger partial charge in [0.15, 0.2) is 0 Å². The predicted molar refractivity (Wildman–Crippen MR) is 104 cm³/mol. The standard InChI is InChI=1S/C19H19N3OS2/c23-16(22-9-5-2-6-10-22)12-25-19-17-15(14-7-3-1-4-8-14)11-24-18(17)20-13-21-19/h1,3-4,7-8,11,13H,2,5-6,9-10,12H2. The number of aromatic nitrogens is 2. The molecule has 0 radical (unpaired) electrons. The third-order valence-electron chi connectivity index (χ3n) is 4.46. The molecule has 3 heterocycles. The first-order chi connectivity index (χ1) is 12.3. The summed E-state index contributed by atoms with van der Waals surface area (Å²) in [5, 5.41) is 4.09. The Morgan fingerprint density at radius 1 is 1.12 bits per heavy atom. The molecule has 0 bridgehead atoms. The molecule has 2 aromatic heterocycles. The zero-order valence-corrected chi connectivity index (χ0v) is 15.5. The molecule has 128 valence electrons. The van der Waals surface area contributed by atoms with Gasteiger partial charge in [-0.05, 0) is 24.8 Å². The zero-order valence-electron chi connectivity index (χ0n) is 13.9. The SMILES string of the molecule is O=C(CSc1ncnc2scc(-c3ccccc3)c12)N1CCCCC1. The minimum Gasteiger partial charge on any atom is -0.342 e. The Morgan fingerprint density at radius 3 is 2.72 bits per heavy atom. The summed E-state index contributed by atoms with van der Waals surface area (Å²) in [4.78, 5) is 24.3. The van der Waals surface area contributed by atoms with E-state index in [1.807, 2.05) is 23.1 Å². The van der Waals surface area contributed by atoms with Crippen LogP contribution in [0.15, 0.2) is 47.1 Å². The molecule has 0 aliphatic carbocycles. The van der Waals surface area contributed by atoms with E-state index in [0.29, 0.717) is 5.75 Å². The first kappa shape index (κ1) is 16.5. The van der Waals surface area contributed by atoms with Crippen LogP contribution in [0.2, 0.25) is 0 Å². The molecule has 1 saturated heterocycles. The molecule has 3 aromatic rings. The third-order valence-corrected chi connectivity index (χ3v) is 6.32. The fraction of sp³-hybridized carbons (Fsp3) is 0.316. The quantitative estimate of drug-likeness (QED) is 0.503. The second-order valence-corrected chi connectivity index (χ2v) is 7.93. The van der Waals surface area contributed by atoms with E-state index in [-0.39, 0.29) is 5.91 Å². The average Bonchev–Trinajstić information content (AvgIpc) is 3.12. The lowest BCUT2D eigenvalue weighted by molar-refractivity contribution is -0.129. The molecule has 4 nitrogen and oxygen atoms in total. The highest BCUT2D eigenvalue weighted by molar-refractivity contribution is 8.00. The van der Waals surface area contributed by atoms with E-state index in [4.69, 9.17) is 0 Å². The van der Waals surface area contributed by atoms with Crippen LogP contribution in [0.5, 0.6) is 0 Å². The number of hydrogen-bond acceptors (Lipinski definition) is 5. The van der Waals surface area contributed by atoms with Crippen molar-refractivity contribution in [3.63, 3.8) is 0 Å². The summed E-state index contributed by atoms with van der Waals surface area (Å²) >= 11 is 3.15. The minimum absolute atomic E-state index is 0.216. The molecule has 0 spiro atoms. The molecule has 1 fully saturated rings. The first-order valence-corrected chi connectivity index (χ1v) is 10.4. The molecule has 25 heavy (non-hydrogen) atoms. The van der Waals surface area contributed by atoms with Gasteiger partial charge in [-0.15, -0.1) is 11.3 Å². The van der Waals surface area contributed by atoms with Crippen molar-refractivity contribution in [3.05, 3.63) is 42.0 Å². The normalized spacial score (nSPS) is 14.8. The van der Waals surface area contributed by atoms with Gasteiger partial charge in [-0.1, -0.05) is 42.1 Å². The van der Waals surface area contributed by atoms with E-state index in [9.17, 15) is 4.79 Å². The molecule has 1 aliphatic rings. The molecule has 0 unspecified atom stereocenters. The summed E-state index contributed by atoms with van der Waals surface area (Å²) in [5.41, 5.74) is 2.31. The van der Waals surface area contributed by atoms with Crippen LogP contribution in [0, 0.1) is 0 Å². The molecule has 4 rings (SSSR count). The number of fused-ring (bicyclic) bond motifs is 1. The highest BCUT2D eigenvalue weighted by atomic mass is 32.2. The summed E-state index contributed by atoms with van der Waals surface area (Å²) in [7, 11) is 0. The second-order valence-electron chi connectivity index (χ2n) is 6.10. The van der Waals surface area contributed by atoms with Crippen LogP contribution in [0.1, 0.15) is 19.3 Å². The maximum Gasteiger partial charge on any atom is 0.232 e. The lowest BCUT2D eigenvalue weighted by atomic mass is 10.1. The smallest absolute Gasteiger partial charge is 0.232 e. The Bertz CT molecular complexity index is 873. The van der Waals surface area contributed by atoms with Crippen molar-refractivity contribution in [2.75, 3.05) is 18.8 Å². The Morgan fingerprint density at radius 2 is 1.92 bits per heavy atom. The van der Waals surface area contributed by atoms with Crippen molar-refractivity contribution in [1.29, 1.82) is 0 Å². The number of piperidine rings is 1. The predicted octanol–water partition coefficient (Wildman–Crippen LogP) is 4.46. The van der Waals surface area contributed by atoms with E-state index < -0.39 is 0 Å². The van der Waals surface area contributed by atoms with Crippen molar-refractivity contribution in [3.8, 4) is 11.1 Å². The summed E-state index contributed by atoms with van der Waals surface area (Å²) in [6.45, 7) is 1.79. The molecule has 0 N–H and O–H groups in total. The third kappa shape index (κ3) is 3.55. The Balaban J connectivity index is 1.59. The number of nitrogens with zero attached hydrogens (tertiary/aromatic N) is 3. The minimum atomic E-state index is 0.216. The van der Waals surface area contributed by atoms with Gasteiger partial charge in [0.05, 0.1) is 11.1 Å². The number of carbonyl (C=O) groups excluding carboxylic acids is 1. The molecular weight excluding hydrogens is 350 g/mol. The Kier molecular flexibility index (Phi) is 4.99. The van der Waals surface area contributed by atoms with Crippen molar-refractivity contribution >= 4 is 39.2 Å². The Hall–Kier alpha value is -1.92. The molecule has 1 amide bonds. The molecule has 1 aliphatic heterocycles. The average molecular weight is 370 g/mol. The molecule has 1 aromatic carbocycles. The lowest BCUT2D eigenvalue weighted by Gasteiger charge is -2.26. The van der Waals surface area contributed by atoms with Crippen molar-refractivity contribution in [2.45, 2.75) is 24.3 Å². The number of rotatable bonds is 4. The summed E-state index contributed by atoms with van der Waals surface area (Å²) < 4.78 is 0. The van der Waals surface area contributed by atoms with Crippen LogP contribution >= 0.6 is 23.1 Å². The molecular formula is C19H19N3OS2.